The number of rotatable bonds is 9. The third-order valence-electron chi connectivity index (χ3n) is 5.85. The molecule has 0 spiro atoms. The van der Waals surface area contributed by atoms with Gasteiger partial charge in [-0.15, -0.1) is 5.48 Å². The number of aromatic nitrogens is 2. The minimum atomic E-state index is -3.74. The largest absolute Gasteiger partial charge is 0.413 e. The van der Waals surface area contributed by atoms with Crippen molar-refractivity contribution < 1.29 is 18.0 Å². The molecule has 1 aromatic heterocycles. The average Bonchev–Trinajstić information content (AvgIpc) is 3.44. The smallest absolute Gasteiger partial charge is 0.243 e. The zero-order valence-corrected chi connectivity index (χ0v) is 19.1. The summed E-state index contributed by atoms with van der Waals surface area (Å²) in [6.45, 7) is 5.16. The highest BCUT2D eigenvalue weighted by molar-refractivity contribution is 7.89. The Labute approximate surface area is 183 Å². The van der Waals surface area contributed by atoms with E-state index in [1.165, 1.54) is 0 Å². The maximum Gasteiger partial charge on any atom is 0.243 e. The third-order valence-corrected chi connectivity index (χ3v) is 7.38. The van der Waals surface area contributed by atoms with Gasteiger partial charge >= 0.3 is 0 Å². The van der Waals surface area contributed by atoms with Crippen LogP contribution in [0.15, 0.2) is 22.8 Å². The molecule has 1 atom stereocenters. The van der Waals surface area contributed by atoms with Crippen molar-refractivity contribution in [3.05, 3.63) is 23.5 Å². The topological polar surface area (TPSA) is 117 Å². The number of hydroxylamine groups is 1. The lowest BCUT2D eigenvalue weighted by atomic mass is 9.99. The first-order valence-corrected chi connectivity index (χ1v) is 12.3. The van der Waals surface area contributed by atoms with Gasteiger partial charge in [-0.3, -0.25) is 0 Å². The summed E-state index contributed by atoms with van der Waals surface area (Å²) in [5, 5.41) is 3.22. The van der Waals surface area contributed by atoms with Crippen LogP contribution in [0.2, 0.25) is 0 Å². The highest BCUT2D eigenvalue weighted by atomic mass is 32.2. The van der Waals surface area contributed by atoms with E-state index in [4.69, 9.17) is 9.57 Å². The van der Waals surface area contributed by atoms with Crippen molar-refractivity contribution in [3.8, 4) is 0 Å². The zero-order valence-electron chi connectivity index (χ0n) is 18.2. The van der Waals surface area contributed by atoms with E-state index in [0.29, 0.717) is 30.1 Å². The Morgan fingerprint density at radius 1 is 1.29 bits per heavy atom. The number of aromatic amines is 1. The van der Waals surface area contributed by atoms with Gasteiger partial charge < -0.3 is 19.9 Å². The van der Waals surface area contributed by atoms with Gasteiger partial charge in [0, 0.05) is 31.9 Å². The average molecular weight is 450 g/mol. The lowest BCUT2D eigenvalue weighted by molar-refractivity contribution is 0.122. The minimum absolute atomic E-state index is 0.0226. The highest BCUT2D eigenvalue weighted by Gasteiger charge is 2.29. The van der Waals surface area contributed by atoms with E-state index in [1.807, 2.05) is 19.9 Å². The lowest BCUT2D eigenvalue weighted by Crippen LogP contribution is -2.32. The van der Waals surface area contributed by atoms with Crippen LogP contribution in [0.5, 0.6) is 0 Å². The summed E-state index contributed by atoms with van der Waals surface area (Å²) in [7, 11) is -2.07. The molecule has 1 aliphatic heterocycles. The number of sulfonamides is 1. The fraction of sp³-hybridized carbons (Fsp3) is 0.571. The van der Waals surface area contributed by atoms with Gasteiger partial charge in [0.25, 0.3) is 0 Å². The first-order chi connectivity index (χ1) is 14.9. The van der Waals surface area contributed by atoms with Crippen LogP contribution in [0, 0.1) is 0 Å². The minimum Gasteiger partial charge on any atom is -0.413 e. The Balaban J connectivity index is 1.75. The van der Waals surface area contributed by atoms with Crippen molar-refractivity contribution in [1.82, 2.24) is 20.2 Å². The summed E-state index contributed by atoms with van der Waals surface area (Å²) in [4.78, 5) is 13.5. The van der Waals surface area contributed by atoms with Gasteiger partial charge in [0.1, 0.15) is 16.2 Å². The molecule has 0 saturated heterocycles. The second-order valence-electron chi connectivity index (χ2n) is 8.24. The summed E-state index contributed by atoms with van der Waals surface area (Å²) in [6.07, 6.45) is 4.65. The monoisotopic (exact) mass is 449 g/mol. The van der Waals surface area contributed by atoms with Crippen molar-refractivity contribution >= 4 is 32.6 Å². The number of anilines is 1. The number of benzene rings is 1. The van der Waals surface area contributed by atoms with Crippen LogP contribution < -0.4 is 15.5 Å². The Morgan fingerprint density at radius 3 is 2.74 bits per heavy atom. The molecule has 0 amide bonds. The number of allylic oxidation sites excluding steroid dienone is 1. The van der Waals surface area contributed by atoms with Gasteiger partial charge in [0.2, 0.25) is 16.0 Å². The van der Waals surface area contributed by atoms with Gasteiger partial charge in [-0.25, -0.2) is 18.1 Å². The molecule has 0 bridgehead atoms. The van der Waals surface area contributed by atoms with E-state index in [1.54, 1.807) is 13.2 Å². The lowest BCUT2D eigenvalue weighted by Gasteiger charge is -2.15. The highest BCUT2D eigenvalue weighted by Crippen LogP contribution is 2.33. The molecule has 2 aromatic rings. The van der Waals surface area contributed by atoms with E-state index in [-0.39, 0.29) is 17.0 Å². The van der Waals surface area contributed by atoms with Crippen molar-refractivity contribution in [2.24, 2.45) is 0 Å². The van der Waals surface area contributed by atoms with Gasteiger partial charge in [-0.05, 0) is 50.8 Å². The predicted octanol–water partition coefficient (Wildman–Crippen LogP) is 2.89. The molecule has 1 fully saturated rings. The van der Waals surface area contributed by atoms with Gasteiger partial charge in [-0.1, -0.05) is 12.8 Å². The van der Waals surface area contributed by atoms with Crippen LogP contribution >= 0.6 is 0 Å². The second kappa shape index (κ2) is 9.15. The third kappa shape index (κ3) is 4.72. The Morgan fingerprint density at radius 2 is 2.06 bits per heavy atom. The van der Waals surface area contributed by atoms with Crippen molar-refractivity contribution in [2.45, 2.75) is 62.9 Å². The van der Waals surface area contributed by atoms with Crippen LogP contribution in [0.25, 0.3) is 16.6 Å². The number of nitrogens with zero attached hydrogens (tertiary/aromatic N) is 1. The maximum atomic E-state index is 13.4. The van der Waals surface area contributed by atoms with Crippen molar-refractivity contribution in [3.63, 3.8) is 0 Å². The zero-order chi connectivity index (χ0) is 22.0. The first kappa shape index (κ1) is 22.1. The molecule has 1 aromatic carbocycles. The number of ether oxygens (including phenoxy) is 1. The van der Waals surface area contributed by atoms with Crippen LogP contribution in [-0.2, 0) is 19.6 Å². The number of nitrogens with one attached hydrogen (secondary N) is 4. The Bertz CT molecular complexity index is 1070. The van der Waals surface area contributed by atoms with Gasteiger partial charge in [0.05, 0.1) is 11.6 Å². The summed E-state index contributed by atoms with van der Waals surface area (Å²) in [6, 6.07) is 3.57. The SMILES string of the molecule is COCCCNc1nc2c(S(=O)(=O)NC3CCCC3)cc(C3=C(C)ONC3C)cc2[nH]1. The summed E-state index contributed by atoms with van der Waals surface area (Å²) < 4.78 is 34.7. The van der Waals surface area contributed by atoms with Crippen LogP contribution in [0.1, 0.15) is 51.5 Å². The Kier molecular flexibility index (Phi) is 6.52. The summed E-state index contributed by atoms with van der Waals surface area (Å²) in [5.74, 6) is 1.27. The molecule has 4 rings (SSSR count). The molecular weight excluding hydrogens is 418 g/mol. The number of hydrogen-bond donors (Lipinski definition) is 4. The van der Waals surface area contributed by atoms with Gasteiger partial charge in [-0.2, -0.15) is 0 Å². The number of imidazole rings is 1. The molecule has 170 valence electrons. The fourth-order valence-electron chi connectivity index (χ4n) is 4.33. The molecule has 31 heavy (non-hydrogen) atoms. The van der Waals surface area contributed by atoms with E-state index >= 15 is 0 Å². The summed E-state index contributed by atoms with van der Waals surface area (Å²) >= 11 is 0. The predicted molar refractivity (Wildman–Crippen MR) is 120 cm³/mol. The second-order valence-corrected chi connectivity index (χ2v) is 9.93. The van der Waals surface area contributed by atoms with E-state index in [9.17, 15) is 8.42 Å². The molecule has 9 nitrogen and oxygen atoms in total. The quantitative estimate of drug-likeness (QED) is 0.435. The molecule has 0 radical (unpaired) electrons. The van der Waals surface area contributed by atoms with E-state index < -0.39 is 10.0 Å². The first-order valence-electron chi connectivity index (χ1n) is 10.8. The van der Waals surface area contributed by atoms with E-state index in [2.05, 4.69) is 25.5 Å². The summed E-state index contributed by atoms with van der Waals surface area (Å²) in [5.41, 5.74) is 5.76. The van der Waals surface area contributed by atoms with Crippen LogP contribution in [-0.4, -0.2) is 50.7 Å². The van der Waals surface area contributed by atoms with Crippen molar-refractivity contribution in [2.75, 3.05) is 25.6 Å². The van der Waals surface area contributed by atoms with Crippen LogP contribution in [0.3, 0.4) is 0 Å². The number of H-pyrrole nitrogens is 1. The molecule has 1 saturated carbocycles. The molecule has 2 heterocycles. The molecule has 1 unspecified atom stereocenters. The Hall–Kier alpha value is -2.14. The molecular formula is C21H31N5O4S. The fourth-order valence-corrected chi connectivity index (χ4v) is 5.82. The van der Waals surface area contributed by atoms with E-state index in [0.717, 1.165) is 49.0 Å². The number of hydrogen-bond acceptors (Lipinski definition) is 7. The number of methoxy groups -OCH3 is 1. The normalized spacial score (nSPS) is 20.0. The van der Waals surface area contributed by atoms with Gasteiger partial charge in [0.15, 0.2) is 0 Å². The molecule has 1 aliphatic carbocycles. The molecule has 2 aliphatic rings. The van der Waals surface area contributed by atoms with Crippen LogP contribution in [0.4, 0.5) is 5.95 Å². The molecule has 4 N–H and O–H groups in total. The molecule has 10 heteroatoms. The number of fused-ring (bicyclic) bond motifs is 1. The standard InChI is InChI=1S/C21H31N5O4S/c1-13-19(14(2)30-25-13)15-11-17-20(24-21(23-17)22-9-6-10-29-3)18(12-15)31(27,28)26-16-7-4-5-8-16/h11-13,16,25-26H,4-10H2,1-3H3,(H2,22,23,24). The van der Waals surface area contributed by atoms with Crippen molar-refractivity contribution in [1.29, 1.82) is 0 Å². The maximum absolute atomic E-state index is 13.4.